The second kappa shape index (κ2) is 4.80. The normalized spacial score (nSPS) is 26.6. The van der Waals surface area contributed by atoms with E-state index in [9.17, 15) is 9.59 Å². The number of nitrogens with two attached hydrogens (primary N) is 1. The van der Waals surface area contributed by atoms with E-state index < -0.39 is 11.9 Å². The smallest absolute Gasteiger partial charge is 0.313 e. The largest absolute Gasteiger partial charge is 0.469 e. The molecule has 0 bridgehead atoms. The number of nitrogens with one attached hydrogen (secondary N) is 1. The van der Waals surface area contributed by atoms with Crippen LogP contribution in [-0.4, -0.2) is 38.4 Å². The molecule has 1 heterocycles. The Morgan fingerprint density at radius 2 is 2.29 bits per heavy atom. The Labute approximate surface area is 81.7 Å². The summed E-state index contributed by atoms with van der Waals surface area (Å²) >= 11 is 0. The molecule has 0 aromatic heterocycles. The number of ether oxygens (including phenoxy) is 2. The Bertz CT molecular complexity index is 231. The summed E-state index contributed by atoms with van der Waals surface area (Å²) < 4.78 is 9.71. The molecule has 0 aromatic carbocycles. The molecule has 1 saturated heterocycles. The predicted molar refractivity (Wildman–Crippen MR) is 47.4 cm³/mol. The quantitative estimate of drug-likeness (QED) is 0.575. The summed E-state index contributed by atoms with van der Waals surface area (Å²) in [6.45, 7) is 0.774. The topological polar surface area (TPSA) is 90.7 Å². The second-order valence-corrected chi connectivity index (χ2v) is 3.11. The summed E-state index contributed by atoms with van der Waals surface area (Å²) in [4.78, 5) is 21.9. The first kappa shape index (κ1) is 10.8. The monoisotopic (exact) mass is 202 g/mol. The van der Waals surface area contributed by atoms with Gasteiger partial charge in [0.1, 0.15) is 5.92 Å². The van der Waals surface area contributed by atoms with Gasteiger partial charge in [0.2, 0.25) is 0 Å². The van der Waals surface area contributed by atoms with E-state index in [0.29, 0.717) is 13.0 Å². The Hall–Kier alpha value is -1.30. The van der Waals surface area contributed by atoms with E-state index in [1.165, 1.54) is 7.11 Å². The number of urea groups is 1. The number of amides is 2. The number of hydrogen-bond donors (Lipinski definition) is 2. The molecule has 80 valence electrons. The fourth-order valence-corrected chi connectivity index (χ4v) is 1.48. The molecule has 3 N–H and O–H groups in total. The van der Waals surface area contributed by atoms with Crippen molar-refractivity contribution < 1.29 is 19.1 Å². The molecule has 6 heteroatoms. The highest BCUT2D eigenvalue weighted by molar-refractivity contribution is 5.76. The van der Waals surface area contributed by atoms with Crippen molar-refractivity contribution in [2.75, 3.05) is 20.3 Å². The maximum Gasteiger partial charge on any atom is 0.313 e. The van der Waals surface area contributed by atoms with Crippen molar-refractivity contribution in [1.82, 2.24) is 5.32 Å². The van der Waals surface area contributed by atoms with Crippen LogP contribution in [0.4, 0.5) is 4.79 Å². The van der Waals surface area contributed by atoms with Crippen LogP contribution in [0.3, 0.4) is 0 Å². The first-order chi connectivity index (χ1) is 6.65. The van der Waals surface area contributed by atoms with Crippen molar-refractivity contribution >= 4 is 12.0 Å². The van der Waals surface area contributed by atoms with Crippen LogP contribution in [-0.2, 0) is 14.3 Å². The van der Waals surface area contributed by atoms with E-state index in [4.69, 9.17) is 10.5 Å². The number of carbonyl (C=O) groups excluding carboxylic acids is 2. The average Bonchev–Trinajstić information content (AvgIpc) is 2.16. The van der Waals surface area contributed by atoms with Crippen molar-refractivity contribution in [1.29, 1.82) is 0 Å². The van der Waals surface area contributed by atoms with Crippen molar-refractivity contribution in [3.63, 3.8) is 0 Å². The molecule has 0 saturated carbocycles. The Morgan fingerprint density at radius 1 is 1.57 bits per heavy atom. The van der Waals surface area contributed by atoms with Crippen LogP contribution in [0.2, 0.25) is 0 Å². The van der Waals surface area contributed by atoms with Crippen LogP contribution in [0.5, 0.6) is 0 Å². The van der Waals surface area contributed by atoms with Gasteiger partial charge in [-0.25, -0.2) is 4.79 Å². The SMILES string of the molecule is COC(=O)C1COCCC1NC(N)=O. The van der Waals surface area contributed by atoms with Gasteiger partial charge in [-0.05, 0) is 6.42 Å². The van der Waals surface area contributed by atoms with Gasteiger partial charge in [-0.15, -0.1) is 0 Å². The van der Waals surface area contributed by atoms with Crippen LogP contribution < -0.4 is 11.1 Å². The Kier molecular flexibility index (Phi) is 3.70. The van der Waals surface area contributed by atoms with Gasteiger partial charge in [-0.3, -0.25) is 4.79 Å². The molecule has 1 rings (SSSR count). The summed E-state index contributed by atoms with van der Waals surface area (Å²) in [6, 6.07) is -0.917. The highest BCUT2D eigenvalue weighted by atomic mass is 16.5. The van der Waals surface area contributed by atoms with Gasteiger partial charge in [-0.2, -0.15) is 0 Å². The van der Waals surface area contributed by atoms with E-state index in [2.05, 4.69) is 10.1 Å². The lowest BCUT2D eigenvalue weighted by Gasteiger charge is -2.29. The summed E-state index contributed by atoms with van der Waals surface area (Å²) in [6.07, 6.45) is 0.572. The average molecular weight is 202 g/mol. The third-order valence-corrected chi connectivity index (χ3v) is 2.19. The minimum Gasteiger partial charge on any atom is -0.469 e. The number of carbonyl (C=O) groups is 2. The van der Waals surface area contributed by atoms with Crippen molar-refractivity contribution in [3.8, 4) is 0 Å². The minimum absolute atomic E-state index is 0.262. The molecule has 14 heavy (non-hydrogen) atoms. The first-order valence-electron chi connectivity index (χ1n) is 4.36. The third-order valence-electron chi connectivity index (χ3n) is 2.19. The summed E-state index contributed by atoms with van der Waals surface area (Å²) in [7, 11) is 1.30. The maximum absolute atomic E-state index is 11.3. The molecule has 1 aliphatic heterocycles. The highest BCUT2D eigenvalue weighted by Crippen LogP contribution is 2.15. The first-order valence-corrected chi connectivity index (χ1v) is 4.36. The molecule has 2 unspecified atom stereocenters. The van der Waals surface area contributed by atoms with Gasteiger partial charge in [0, 0.05) is 12.6 Å². The molecular weight excluding hydrogens is 188 g/mol. The lowest BCUT2D eigenvalue weighted by molar-refractivity contribution is -0.151. The molecule has 0 aliphatic carbocycles. The van der Waals surface area contributed by atoms with Crippen molar-refractivity contribution in [2.24, 2.45) is 11.7 Å². The molecule has 6 nitrogen and oxygen atoms in total. The summed E-state index contributed by atoms with van der Waals surface area (Å²) in [5.41, 5.74) is 4.98. The van der Waals surface area contributed by atoms with Gasteiger partial charge in [0.05, 0.1) is 13.7 Å². The van der Waals surface area contributed by atoms with E-state index in [1.807, 2.05) is 0 Å². The highest BCUT2D eigenvalue weighted by Gasteiger charge is 2.33. The number of primary amides is 1. The predicted octanol–water partition coefficient (Wildman–Crippen LogP) is -0.767. The maximum atomic E-state index is 11.3. The molecule has 0 spiro atoms. The lowest BCUT2D eigenvalue weighted by atomic mass is 9.96. The van der Waals surface area contributed by atoms with Crippen LogP contribution in [0.25, 0.3) is 0 Å². The zero-order valence-corrected chi connectivity index (χ0v) is 7.99. The van der Waals surface area contributed by atoms with Gasteiger partial charge >= 0.3 is 12.0 Å². The number of esters is 1. The second-order valence-electron chi connectivity index (χ2n) is 3.11. The standard InChI is InChI=1S/C8H14N2O4/c1-13-7(11)5-4-14-3-2-6(5)10-8(9)12/h5-6H,2-4H2,1H3,(H3,9,10,12). The van der Waals surface area contributed by atoms with E-state index >= 15 is 0 Å². The van der Waals surface area contributed by atoms with E-state index in [-0.39, 0.29) is 18.6 Å². The Morgan fingerprint density at radius 3 is 2.86 bits per heavy atom. The molecular formula is C8H14N2O4. The minimum atomic E-state index is -0.634. The van der Waals surface area contributed by atoms with Crippen LogP contribution in [0, 0.1) is 5.92 Å². The molecule has 0 aromatic rings. The van der Waals surface area contributed by atoms with E-state index in [1.54, 1.807) is 0 Å². The summed E-state index contributed by atoms with van der Waals surface area (Å²) in [5, 5.41) is 2.51. The molecule has 1 aliphatic rings. The Balaban J connectivity index is 2.58. The third kappa shape index (κ3) is 2.59. The van der Waals surface area contributed by atoms with Gasteiger partial charge in [-0.1, -0.05) is 0 Å². The molecule has 1 fully saturated rings. The number of methoxy groups -OCH3 is 1. The number of rotatable bonds is 2. The molecule has 2 atom stereocenters. The zero-order valence-electron chi connectivity index (χ0n) is 7.99. The fraction of sp³-hybridized carbons (Fsp3) is 0.750. The van der Waals surface area contributed by atoms with Gasteiger partial charge in [0.15, 0.2) is 0 Å². The van der Waals surface area contributed by atoms with E-state index in [0.717, 1.165) is 0 Å². The van der Waals surface area contributed by atoms with Crippen molar-refractivity contribution in [2.45, 2.75) is 12.5 Å². The zero-order chi connectivity index (χ0) is 10.6. The van der Waals surface area contributed by atoms with Crippen LogP contribution in [0.1, 0.15) is 6.42 Å². The lowest BCUT2D eigenvalue weighted by Crippen LogP contribution is -2.50. The molecule has 2 amide bonds. The number of hydrogen-bond acceptors (Lipinski definition) is 4. The van der Waals surface area contributed by atoms with Crippen LogP contribution in [0.15, 0.2) is 0 Å². The fourth-order valence-electron chi connectivity index (χ4n) is 1.48. The molecule has 0 radical (unpaired) electrons. The van der Waals surface area contributed by atoms with Crippen molar-refractivity contribution in [3.05, 3.63) is 0 Å². The summed E-state index contributed by atoms with van der Waals surface area (Å²) in [5.74, 6) is -0.843. The van der Waals surface area contributed by atoms with Gasteiger partial charge in [0.25, 0.3) is 0 Å². The van der Waals surface area contributed by atoms with Crippen LogP contribution >= 0.6 is 0 Å². The van der Waals surface area contributed by atoms with Gasteiger partial charge < -0.3 is 20.5 Å².